The first-order valence-corrected chi connectivity index (χ1v) is 6.31. The molecule has 0 bridgehead atoms. The third-order valence-corrected chi connectivity index (χ3v) is 3.02. The van der Waals surface area contributed by atoms with Crippen molar-refractivity contribution in [2.75, 3.05) is 13.7 Å². The van der Waals surface area contributed by atoms with Gasteiger partial charge in [0.25, 0.3) is 0 Å². The molecule has 0 aliphatic heterocycles. The molecule has 0 aromatic heterocycles. The lowest BCUT2D eigenvalue weighted by Gasteiger charge is -2.33. The molecule has 0 aliphatic carbocycles. The minimum Gasteiger partial charge on any atom is -0.467 e. The molecule has 20 heavy (non-hydrogen) atoms. The zero-order valence-corrected chi connectivity index (χ0v) is 11.5. The van der Waals surface area contributed by atoms with Crippen LogP contribution in [0.4, 0.5) is 13.2 Å². The second kappa shape index (κ2) is 6.74. The van der Waals surface area contributed by atoms with Crippen LogP contribution in [0.25, 0.3) is 0 Å². The van der Waals surface area contributed by atoms with Crippen LogP contribution in [0, 0.1) is 0 Å². The molecule has 0 heterocycles. The van der Waals surface area contributed by atoms with Crippen LogP contribution >= 0.6 is 0 Å². The number of benzene rings is 1. The monoisotopic (exact) mass is 289 g/mol. The summed E-state index contributed by atoms with van der Waals surface area (Å²) in [7, 11) is 1.17. The van der Waals surface area contributed by atoms with E-state index in [0.29, 0.717) is 12.0 Å². The van der Waals surface area contributed by atoms with Crippen molar-refractivity contribution in [3.8, 4) is 0 Å². The minimum absolute atomic E-state index is 0.222. The molecule has 0 spiro atoms. The summed E-state index contributed by atoms with van der Waals surface area (Å²) in [4.78, 5) is 12.1. The van der Waals surface area contributed by atoms with Crippen molar-refractivity contribution in [2.24, 2.45) is 0 Å². The fourth-order valence-electron chi connectivity index (χ4n) is 2.15. The second-order valence-corrected chi connectivity index (χ2v) is 4.48. The molecule has 1 unspecified atom stereocenters. The molecular weight excluding hydrogens is 271 g/mol. The van der Waals surface area contributed by atoms with Crippen LogP contribution in [0.2, 0.25) is 0 Å². The Bertz CT molecular complexity index is 434. The van der Waals surface area contributed by atoms with Gasteiger partial charge in [-0.05, 0) is 12.0 Å². The zero-order valence-electron chi connectivity index (χ0n) is 11.5. The Morgan fingerprint density at radius 3 is 2.30 bits per heavy atom. The molecule has 1 aromatic rings. The molecule has 3 nitrogen and oxygen atoms in total. The van der Waals surface area contributed by atoms with Crippen LogP contribution in [0.15, 0.2) is 30.3 Å². The van der Waals surface area contributed by atoms with E-state index < -0.39 is 24.2 Å². The van der Waals surface area contributed by atoms with Gasteiger partial charge >= 0.3 is 12.1 Å². The minimum atomic E-state index is -4.40. The Hall–Kier alpha value is -1.56. The van der Waals surface area contributed by atoms with Gasteiger partial charge in [0.2, 0.25) is 0 Å². The number of ether oxygens (including phenoxy) is 1. The lowest BCUT2D eigenvalue weighted by Crippen LogP contribution is -2.52. The Labute approximate surface area is 116 Å². The summed E-state index contributed by atoms with van der Waals surface area (Å²) in [5.74, 6) is -0.713. The molecule has 6 heteroatoms. The number of methoxy groups -OCH3 is 1. The first kappa shape index (κ1) is 16.5. The highest BCUT2D eigenvalue weighted by Gasteiger charge is 2.43. The molecule has 0 saturated carbocycles. The highest BCUT2D eigenvalue weighted by atomic mass is 19.4. The molecule has 0 fully saturated rings. The molecule has 0 aliphatic rings. The lowest BCUT2D eigenvalue weighted by molar-refractivity contribution is -0.154. The molecule has 0 saturated heterocycles. The quantitative estimate of drug-likeness (QED) is 0.818. The van der Waals surface area contributed by atoms with E-state index in [1.54, 1.807) is 37.3 Å². The van der Waals surface area contributed by atoms with Crippen molar-refractivity contribution in [1.82, 2.24) is 5.32 Å². The van der Waals surface area contributed by atoms with Crippen molar-refractivity contribution in [1.29, 1.82) is 0 Å². The maximum atomic E-state index is 12.5. The van der Waals surface area contributed by atoms with Crippen LogP contribution in [0.5, 0.6) is 0 Å². The number of rotatable bonds is 6. The summed E-state index contributed by atoms with van der Waals surface area (Å²) < 4.78 is 42.2. The molecule has 1 N–H and O–H groups in total. The van der Waals surface area contributed by atoms with Crippen LogP contribution in [0.3, 0.4) is 0 Å². The molecule has 0 radical (unpaired) electrons. The van der Waals surface area contributed by atoms with Gasteiger partial charge in [0.05, 0.1) is 13.7 Å². The number of nitrogens with one attached hydrogen (secondary N) is 1. The summed E-state index contributed by atoms with van der Waals surface area (Å²) in [6, 6.07) is 8.34. The predicted octanol–water partition coefficient (Wildman–Crippen LogP) is 3.01. The van der Waals surface area contributed by atoms with Gasteiger partial charge in [0.1, 0.15) is 5.54 Å². The topological polar surface area (TPSA) is 38.3 Å². The molecule has 112 valence electrons. The zero-order chi connectivity index (χ0) is 15.2. The number of halogens is 3. The SMILES string of the molecule is CCCC(NCC(F)(F)F)(C(=O)OC)c1ccccc1. The normalized spacial score (nSPS) is 14.7. The number of carbonyl (C=O) groups excluding carboxylic acids is 1. The summed E-state index contributed by atoms with van der Waals surface area (Å²) in [6.45, 7) is 0.549. The molecule has 1 aromatic carbocycles. The summed E-state index contributed by atoms with van der Waals surface area (Å²) in [5, 5.41) is 2.34. The third kappa shape index (κ3) is 3.96. The van der Waals surface area contributed by atoms with Gasteiger partial charge in [-0.2, -0.15) is 13.2 Å². The van der Waals surface area contributed by atoms with Crippen molar-refractivity contribution in [2.45, 2.75) is 31.5 Å². The maximum Gasteiger partial charge on any atom is 0.401 e. The van der Waals surface area contributed by atoms with Crippen LogP contribution in [0.1, 0.15) is 25.3 Å². The van der Waals surface area contributed by atoms with Crippen molar-refractivity contribution < 1.29 is 22.7 Å². The fourth-order valence-corrected chi connectivity index (χ4v) is 2.15. The van der Waals surface area contributed by atoms with E-state index in [4.69, 9.17) is 4.74 Å². The number of esters is 1. The van der Waals surface area contributed by atoms with E-state index in [1.807, 2.05) is 0 Å². The number of hydrogen-bond donors (Lipinski definition) is 1. The second-order valence-electron chi connectivity index (χ2n) is 4.48. The average Bonchev–Trinajstić information content (AvgIpc) is 2.42. The smallest absolute Gasteiger partial charge is 0.401 e. The Morgan fingerprint density at radius 1 is 1.25 bits per heavy atom. The standard InChI is InChI=1S/C14H18F3NO2/c1-3-9-13(12(19)20-2,18-10-14(15,16)17)11-7-5-4-6-8-11/h4-8,18H,3,9-10H2,1-2H3. The van der Waals surface area contributed by atoms with E-state index in [0.717, 1.165) is 0 Å². The van der Waals surface area contributed by atoms with E-state index in [-0.39, 0.29) is 6.42 Å². The van der Waals surface area contributed by atoms with Crippen molar-refractivity contribution in [3.63, 3.8) is 0 Å². The van der Waals surface area contributed by atoms with Crippen molar-refractivity contribution in [3.05, 3.63) is 35.9 Å². The third-order valence-electron chi connectivity index (χ3n) is 3.02. The highest BCUT2D eigenvalue weighted by Crippen LogP contribution is 2.29. The van der Waals surface area contributed by atoms with Gasteiger partial charge in [-0.15, -0.1) is 0 Å². The maximum absolute atomic E-state index is 12.5. The lowest BCUT2D eigenvalue weighted by atomic mass is 9.85. The number of alkyl halides is 3. The van der Waals surface area contributed by atoms with Crippen molar-refractivity contribution >= 4 is 5.97 Å². The number of carbonyl (C=O) groups is 1. The first-order chi connectivity index (χ1) is 9.35. The van der Waals surface area contributed by atoms with E-state index in [2.05, 4.69) is 5.32 Å². The Morgan fingerprint density at radius 2 is 1.85 bits per heavy atom. The predicted molar refractivity (Wildman–Crippen MR) is 69.1 cm³/mol. The first-order valence-electron chi connectivity index (χ1n) is 6.31. The summed E-state index contributed by atoms with van der Waals surface area (Å²) >= 11 is 0. The van der Waals surface area contributed by atoms with Gasteiger partial charge in [-0.25, -0.2) is 4.79 Å². The van der Waals surface area contributed by atoms with Crippen LogP contribution < -0.4 is 5.32 Å². The van der Waals surface area contributed by atoms with Gasteiger partial charge in [0.15, 0.2) is 0 Å². The summed E-state index contributed by atoms with van der Waals surface area (Å²) in [5.41, 5.74) is -1.00. The van der Waals surface area contributed by atoms with Gasteiger partial charge < -0.3 is 4.74 Å². The Balaban J connectivity index is 3.18. The van der Waals surface area contributed by atoms with E-state index in [1.165, 1.54) is 7.11 Å². The Kier molecular flexibility index (Phi) is 5.56. The fraction of sp³-hybridized carbons (Fsp3) is 0.500. The summed E-state index contributed by atoms with van der Waals surface area (Å²) in [6.07, 6.45) is -3.64. The largest absolute Gasteiger partial charge is 0.467 e. The van der Waals surface area contributed by atoms with Crippen LogP contribution in [-0.4, -0.2) is 25.8 Å². The molecule has 1 atom stereocenters. The average molecular weight is 289 g/mol. The van der Waals surface area contributed by atoms with E-state index in [9.17, 15) is 18.0 Å². The number of hydrogen-bond acceptors (Lipinski definition) is 3. The van der Waals surface area contributed by atoms with E-state index >= 15 is 0 Å². The van der Waals surface area contributed by atoms with Gasteiger partial charge in [-0.1, -0.05) is 43.7 Å². The van der Waals surface area contributed by atoms with Gasteiger partial charge in [-0.3, -0.25) is 5.32 Å². The highest BCUT2D eigenvalue weighted by molar-refractivity contribution is 5.82. The molecule has 0 amide bonds. The van der Waals surface area contributed by atoms with Crippen LogP contribution in [-0.2, 0) is 15.1 Å². The molecule has 1 rings (SSSR count). The molecular formula is C14H18F3NO2. The van der Waals surface area contributed by atoms with Gasteiger partial charge in [0, 0.05) is 0 Å².